The van der Waals surface area contributed by atoms with Crippen molar-refractivity contribution in [3.8, 4) is 0 Å². The van der Waals surface area contributed by atoms with Crippen LogP contribution in [0, 0.1) is 0 Å². The fraction of sp³-hybridized carbons (Fsp3) is 0.368. The quantitative estimate of drug-likeness (QED) is 0.0492. The van der Waals surface area contributed by atoms with E-state index in [2.05, 4.69) is 5.32 Å². The zero-order valence-corrected chi connectivity index (χ0v) is 34.2. The topological polar surface area (TPSA) is 190 Å². The van der Waals surface area contributed by atoms with Crippen LogP contribution in [0.1, 0.15) is 69.5 Å². The van der Waals surface area contributed by atoms with E-state index in [1.165, 1.54) is 29.0 Å². The summed E-state index contributed by atoms with van der Waals surface area (Å²) in [6, 6.07) is 13.1. The molecule has 1 aromatic heterocycles. The predicted octanol–water partition coefficient (Wildman–Crippen LogP) is 7.46. The van der Waals surface area contributed by atoms with E-state index in [1.807, 2.05) is 6.07 Å². The van der Waals surface area contributed by atoms with E-state index in [1.54, 1.807) is 41.5 Å². The molecule has 2 aliphatic rings. The molecule has 0 aliphatic carbocycles. The number of amides is 2. The number of carbonyl (C=O) groups is 4. The third kappa shape index (κ3) is 10.4. The second-order valence-electron chi connectivity index (χ2n) is 13.6. The number of unbranched alkanes of at least 4 members (excludes halogenated alkanes) is 1. The van der Waals surface area contributed by atoms with Crippen molar-refractivity contribution in [2.75, 3.05) is 25.3 Å². The summed E-state index contributed by atoms with van der Waals surface area (Å²) < 4.78 is 59.8. The standard InChI is InChI=1S/C38H40Cl2N2O11S3/c1-55(47,48)28-7-4-5-23(17-28)18-31(38(46)53-22-52-33(43)8-3-2-6-27-13-16-56(49,50)54-27)41-36(44)34-30(39)19-26-21-42(14-11-29(26)35(34)40)37(45)25-10-9-24-12-15-51-32(24)20-25/h4-5,7,9-10,12,15,17,19-20,27,31,49-50H,2-3,6,8,11,13-14,16,18,21-22H2,1H3,(H,41,44). The summed E-state index contributed by atoms with van der Waals surface area (Å²) in [5, 5.41) is 3.67. The van der Waals surface area contributed by atoms with Crippen LogP contribution in [0.15, 0.2) is 70.2 Å². The summed E-state index contributed by atoms with van der Waals surface area (Å²) in [4.78, 5) is 54.7. The largest absolute Gasteiger partial charge is 0.464 e. The normalized spacial score (nSPS) is 17.5. The van der Waals surface area contributed by atoms with Crippen molar-refractivity contribution in [3.05, 3.63) is 98.7 Å². The number of furan rings is 1. The SMILES string of the molecule is CS(=O)(=O)c1cccc(CC(NC(=O)c2c(Cl)cc3c(c2Cl)CCN(C(=O)c2ccc4ccoc4c2)C3)C(=O)OCOC(=O)CCCCC2CCS(O)(O)S2)c1. The molecule has 56 heavy (non-hydrogen) atoms. The van der Waals surface area contributed by atoms with Crippen LogP contribution in [0.3, 0.4) is 0 Å². The first-order valence-corrected chi connectivity index (χ1v) is 23.5. The number of hydrogen-bond donors (Lipinski definition) is 3. The molecule has 2 aliphatic heterocycles. The lowest BCUT2D eigenvalue weighted by Crippen LogP contribution is -2.44. The highest BCUT2D eigenvalue weighted by Gasteiger charge is 2.32. The van der Waals surface area contributed by atoms with Crippen molar-refractivity contribution in [2.45, 2.75) is 67.7 Å². The molecular formula is C38H40Cl2N2O11S3. The first-order chi connectivity index (χ1) is 26.6. The van der Waals surface area contributed by atoms with E-state index >= 15 is 0 Å². The number of sulfone groups is 1. The number of rotatable bonds is 14. The fourth-order valence-corrected chi connectivity index (χ4v) is 12.3. The van der Waals surface area contributed by atoms with Crippen molar-refractivity contribution in [2.24, 2.45) is 0 Å². The van der Waals surface area contributed by atoms with Gasteiger partial charge in [0.2, 0.25) is 6.79 Å². The second-order valence-corrected chi connectivity index (χ2v) is 21.1. The van der Waals surface area contributed by atoms with E-state index < -0.39 is 50.1 Å². The van der Waals surface area contributed by atoms with E-state index in [4.69, 9.17) is 37.1 Å². The maximum absolute atomic E-state index is 13.8. The fourth-order valence-electron chi connectivity index (χ4n) is 6.63. The number of carbonyl (C=O) groups excluding carboxylic acids is 4. The number of esters is 2. The third-order valence-electron chi connectivity index (χ3n) is 9.55. The molecule has 3 heterocycles. The summed E-state index contributed by atoms with van der Waals surface area (Å²) in [7, 11) is -4.96. The smallest absolute Gasteiger partial charge is 0.331 e. The molecule has 300 valence electrons. The first-order valence-electron chi connectivity index (χ1n) is 17.7. The van der Waals surface area contributed by atoms with Crippen molar-refractivity contribution < 1.29 is 50.6 Å². The number of benzene rings is 3. The highest BCUT2D eigenvalue weighted by atomic mass is 35.5. The van der Waals surface area contributed by atoms with E-state index in [0.29, 0.717) is 65.8 Å². The van der Waals surface area contributed by atoms with Gasteiger partial charge in [0.1, 0.15) is 11.6 Å². The Morgan fingerprint density at radius 2 is 1.88 bits per heavy atom. The molecule has 1 saturated heterocycles. The first kappa shape index (κ1) is 41.9. The number of halogens is 2. The molecule has 3 N–H and O–H groups in total. The number of nitrogens with one attached hydrogen (secondary N) is 1. The Balaban J connectivity index is 1.11. The van der Waals surface area contributed by atoms with Gasteiger partial charge in [-0.05, 0) is 89.6 Å². The van der Waals surface area contributed by atoms with Crippen LogP contribution < -0.4 is 5.32 Å². The van der Waals surface area contributed by atoms with Crippen molar-refractivity contribution >= 4 is 88.2 Å². The molecule has 2 atom stereocenters. The van der Waals surface area contributed by atoms with Crippen LogP contribution in [0.2, 0.25) is 10.0 Å². The summed E-state index contributed by atoms with van der Waals surface area (Å²) in [5.74, 6) is -2.19. The van der Waals surface area contributed by atoms with Gasteiger partial charge in [-0.25, -0.2) is 13.2 Å². The molecule has 2 amide bonds. The van der Waals surface area contributed by atoms with Crippen LogP contribution in [0.4, 0.5) is 0 Å². The second kappa shape index (κ2) is 17.8. The maximum atomic E-state index is 13.8. The molecule has 3 aromatic carbocycles. The van der Waals surface area contributed by atoms with Crippen LogP contribution in [0.5, 0.6) is 0 Å². The molecule has 0 bridgehead atoms. The Kier molecular flexibility index (Phi) is 13.3. The minimum Gasteiger partial charge on any atom is -0.464 e. The average Bonchev–Trinajstić information content (AvgIpc) is 3.77. The molecule has 6 rings (SSSR count). The molecule has 1 fully saturated rings. The third-order valence-corrected chi connectivity index (χ3v) is 15.4. The zero-order valence-electron chi connectivity index (χ0n) is 30.2. The van der Waals surface area contributed by atoms with Gasteiger partial charge in [-0.3, -0.25) is 23.5 Å². The highest BCUT2D eigenvalue weighted by molar-refractivity contribution is 8.90. The van der Waals surface area contributed by atoms with Crippen LogP contribution >= 0.6 is 43.6 Å². The Bertz CT molecular complexity index is 2260. The van der Waals surface area contributed by atoms with Gasteiger partial charge < -0.3 is 24.1 Å². The van der Waals surface area contributed by atoms with E-state index in [-0.39, 0.29) is 51.0 Å². The van der Waals surface area contributed by atoms with Crippen LogP contribution in [-0.4, -0.2) is 82.8 Å². The molecule has 0 saturated carbocycles. The number of hydrogen-bond acceptors (Lipinski definition) is 12. The van der Waals surface area contributed by atoms with Gasteiger partial charge >= 0.3 is 11.9 Å². The van der Waals surface area contributed by atoms with Gasteiger partial charge in [0.25, 0.3) is 11.8 Å². The van der Waals surface area contributed by atoms with Gasteiger partial charge in [-0.2, -0.15) is 0 Å². The molecular weight excluding hydrogens is 828 g/mol. The average molecular weight is 868 g/mol. The minimum absolute atomic E-state index is 0.0111. The lowest BCUT2D eigenvalue weighted by atomic mass is 9.95. The number of ether oxygens (including phenoxy) is 2. The molecule has 0 radical (unpaired) electrons. The van der Waals surface area contributed by atoms with Gasteiger partial charge in [0.15, 0.2) is 9.84 Å². The summed E-state index contributed by atoms with van der Waals surface area (Å²) in [6.07, 6.45) is 5.40. The van der Waals surface area contributed by atoms with Gasteiger partial charge in [0.05, 0.1) is 26.8 Å². The van der Waals surface area contributed by atoms with Crippen LogP contribution in [-0.2, 0) is 48.3 Å². The Morgan fingerprint density at radius 1 is 1.07 bits per heavy atom. The Hall–Kier alpha value is -3.77. The van der Waals surface area contributed by atoms with Gasteiger partial charge in [-0.1, -0.05) is 47.8 Å². The zero-order chi connectivity index (χ0) is 40.2. The minimum atomic E-state index is -3.59. The number of nitrogens with zero attached hydrogens (tertiary/aromatic N) is 1. The van der Waals surface area contributed by atoms with Gasteiger partial charge in [-0.15, -0.1) is 9.62 Å². The maximum Gasteiger partial charge on any atom is 0.331 e. The summed E-state index contributed by atoms with van der Waals surface area (Å²) in [5.41, 5.74) is 2.63. The van der Waals surface area contributed by atoms with E-state index in [0.717, 1.165) is 18.1 Å². The van der Waals surface area contributed by atoms with Crippen molar-refractivity contribution in [1.29, 1.82) is 0 Å². The van der Waals surface area contributed by atoms with E-state index in [9.17, 15) is 36.7 Å². The highest BCUT2D eigenvalue weighted by Crippen LogP contribution is 2.62. The predicted molar refractivity (Wildman–Crippen MR) is 215 cm³/mol. The van der Waals surface area contributed by atoms with Crippen molar-refractivity contribution in [3.63, 3.8) is 0 Å². The van der Waals surface area contributed by atoms with Crippen molar-refractivity contribution in [1.82, 2.24) is 10.2 Å². The Labute approximate surface area is 339 Å². The molecule has 0 spiro atoms. The number of fused-ring (bicyclic) bond motifs is 2. The summed E-state index contributed by atoms with van der Waals surface area (Å²) in [6.45, 7) is -0.231. The monoisotopic (exact) mass is 866 g/mol. The molecule has 13 nitrogen and oxygen atoms in total. The van der Waals surface area contributed by atoms with Gasteiger partial charge in [0, 0.05) is 54.1 Å². The van der Waals surface area contributed by atoms with Crippen LogP contribution in [0.25, 0.3) is 11.0 Å². The summed E-state index contributed by atoms with van der Waals surface area (Å²) >= 11 is 13.5. The molecule has 18 heteroatoms. The molecule has 4 aromatic rings. The molecule has 2 unspecified atom stereocenters. The Morgan fingerprint density at radius 3 is 2.62 bits per heavy atom. The lowest BCUT2D eigenvalue weighted by Gasteiger charge is -2.30. The lowest BCUT2D eigenvalue weighted by molar-refractivity contribution is -0.168.